The third kappa shape index (κ3) is 4.84. The molecule has 3 N–H and O–H groups in total. The third-order valence-electron chi connectivity index (χ3n) is 6.05. The average Bonchev–Trinajstić information content (AvgIpc) is 3.38. The molecule has 0 aliphatic carbocycles. The van der Waals surface area contributed by atoms with Crippen molar-refractivity contribution in [3.05, 3.63) is 65.7 Å². The van der Waals surface area contributed by atoms with Gasteiger partial charge in [-0.3, -0.25) is 19.4 Å². The van der Waals surface area contributed by atoms with E-state index in [-0.39, 0.29) is 18.5 Å². The summed E-state index contributed by atoms with van der Waals surface area (Å²) >= 11 is 0. The van der Waals surface area contributed by atoms with Crippen LogP contribution in [0.1, 0.15) is 36.2 Å². The molecule has 1 fully saturated rings. The van der Waals surface area contributed by atoms with Gasteiger partial charge in [-0.2, -0.15) is 0 Å². The maximum absolute atomic E-state index is 13.4. The van der Waals surface area contributed by atoms with Gasteiger partial charge in [0.25, 0.3) is 5.91 Å². The number of urea groups is 1. The molecule has 0 saturated carbocycles. The van der Waals surface area contributed by atoms with Crippen molar-refractivity contribution in [1.82, 2.24) is 25.4 Å². The molecule has 0 radical (unpaired) electrons. The number of hydrogen-bond acceptors (Lipinski definition) is 8. The van der Waals surface area contributed by atoms with Crippen molar-refractivity contribution in [2.24, 2.45) is 5.92 Å². The largest absolute Gasteiger partial charge is 0.411 e. The Morgan fingerprint density at radius 2 is 2.00 bits per heavy atom. The van der Waals surface area contributed by atoms with Gasteiger partial charge in [-0.1, -0.05) is 42.4 Å². The van der Waals surface area contributed by atoms with Crippen molar-refractivity contribution < 1.29 is 18.8 Å². The standard InChI is InChI=1S/C24H27N7O4/c1-4-18(16-8-6-5-7-9-16)28-23(34)31-20(22(33)30(3)24-29-26-13-35-24)17(21(31)32)11-15-10-14(2)27-19(25)12-15/h5-10,12-13,17-18,20H,4,11H2,1-3H3,(H2,25,27)(H,28,34)/t17-,18-,20+/m1/s1. The summed E-state index contributed by atoms with van der Waals surface area (Å²) in [6, 6.07) is 10.9. The fourth-order valence-electron chi connectivity index (χ4n) is 4.33. The van der Waals surface area contributed by atoms with Gasteiger partial charge in [-0.05, 0) is 43.0 Å². The zero-order valence-electron chi connectivity index (χ0n) is 19.7. The fourth-order valence-corrected chi connectivity index (χ4v) is 4.33. The molecular formula is C24H27N7O4. The lowest BCUT2D eigenvalue weighted by Crippen LogP contribution is -2.70. The van der Waals surface area contributed by atoms with Crippen LogP contribution in [-0.4, -0.2) is 51.0 Å². The number of nitrogens with one attached hydrogen (secondary N) is 1. The Kier molecular flexibility index (Phi) is 6.76. The number of benzene rings is 1. The molecule has 2 aromatic heterocycles. The highest BCUT2D eigenvalue weighted by Gasteiger charge is 2.55. The number of hydrogen-bond donors (Lipinski definition) is 2. The summed E-state index contributed by atoms with van der Waals surface area (Å²) in [5.74, 6) is -1.41. The second kappa shape index (κ2) is 9.92. The molecule has 3 heterocycles. The van der Waals surface area contributed by atoms with Gasteiger partial charge >= 0.3 is 12.0 Å². The highest BCUT2D eigenvalue weighted by Crippen LogP contribution is 2.33. The van der Waals surface area contributed by atoms with Crippen LogP contribution in [0.5, 0.6) is 0 Å². The number of pyridine rings is 1. The molecule has 1 aliphatic heterocycles. The SMILES string of the molecule is CC[C@@H](NC(=O)N1C(=O)[C@H](Cc2cc(C)nc(N)c2)[C@H]1C(=O)N(C)c1nnco1)c1ccccc1. The minimum absolute atomic E-state index is 0.0341. The minimum atomic E-state index is -1.05. The maximum atomic E-state index is 13.4. The molecule has 3 aromatic rings. The number of anilines is 2. The van der Waals surface area contributed by atoms with E-state index in [1.807, 2.05) is 37.3 Å². The van der Waals surface area contributed by atoms with Crippen molar-refractivity contribution in [1.29, 1.82) is 0 Å². The van der Waals surface area contributed by atoms with E-state index in [0.717, 1.165) is 27.3 Å². The number of β-lactam (4-membered cyclic amide) rings is 1. The first-order chi connectivity index (χ1) is 16.8. The van der Waals surface area contributed by atoms with Crippen molar-refractivity contribution in [3.8, 4) is 0 Å². The molecule has 0 unspecified atom stereocenters. The number of likely N-dealkylation sites (tertiary alicyclic amines) is 1. The highest BCUT2D eigenvalue weighted by atomic mass is 16.4. The van der Waals surface area contributed by atoms with Gasteiger partial charge in [0.1, 0.15) is 11.9 Å². The number of nitrogens with two attached hydrogens (primary N) is 1. The van der Waals surface area contributed by atoms with Crippen molar-refractivity contribution in [2.75, 3.05) is 17.7 Å². The Morgan fingerprint density at radius 1 is 1.26 bits per heavy atom. The predicted octanol–water partition coefficient (Wildman–Crippen LogP) is 2.25. The summed E-state index contributed by atoms with van der Waals surface area (Å²) in [6.45, 7) is 3.73. The molecule has 182 valence electrons. The number of likely N-dealkylation sites (N-methyl/N-ethyl adjacent to an activating group) is 1. The van der Waals surface area contributed by atoms with Crippen LogP contribution >= 0.6 is 0 Å². The van der Waals surface area contributed by atoms with Crippen molar-refractivity contribution >= 4 is 29.7 Å². The molecule has 3 atom stereocenters. The smallest absolute Gasteiger partial charge is 0.325 e. The Bertz CT molecular complexity index is 1200. The van der Waals surface area contributed by atoms with Crippen LogP contribution in [0, 0.1) is 12.8 Å². The first-order valence-corrected chi connectivity index (χ1v) is 11.3. The summed E-state index contributed by atoms with van der Waals surface area (Å²) in [5, 5.41) is 10.2. The van der Waals surface area contributed by atoms with Crippen LogP contribution in [0.25, 0.3) is 0 Å². The number of imide groups is 1. The number of nitrogen functional groups attached to an aromatic ring is 1. The van der Waals surface area contributed by atoms with Gasteiger partial charge in [-0.25, -0.2) is 9.78 Å². The van der Waals surface area contributed by atoms with E-state index in [1.165, 1.54) is 7.05 Å². The van der Waals surface area contributed by atoms with Gasteiger partial charge < -0.3 is 15.5 Å². The van der Waals surface area contributed by atoms with Crippen molar-refractivity contribution in [2.45, 2.75) is 38.8 Å². The molecule has 0 spiro atoms. The zero-order chi connectivity index (χ0) is 25.1. The van der Waals surface area contributed by atoms with E-state index >= 15 is 0 Å². The van der Waals surface area contributed by atoms with Gasteiger partial charge in [0.2, 0.25) is 12.3 Å². The van der Waals surface area contributed by atoms with Crippen LogP contribution in [0.3, 0.4) is 0 Å². The van der Waals surface area contributed by atoms with E-state index in [1.54, 1.807) is 19.1 Å². The second-order valence-electron chi connectivity index (χ2n) is 8.44. The Morgan fingerprint density at radius 3 is 2.63 bits per heavy atom. The summed E-state index contributed by atoms with van der Waals surface area (Å²) in [6.07, 6.45) is 1.93. The van der Waals surface area contributed by atoms with E-state index in [2.05, 4.69) is 20.5 Å². The van der Waals surface area contributed by atoms with E-state index < -0.39 is 29.8 Å². The van der Waals surface area contributed by atoms with Gasteiger partial charge in [0.05, 0.1) is 12.0 Å². The molecule has 4 amide bonds. The van der Waals surface area contributed by atoms with Crippen LogP contribution in [0.2, 0.25) is 0 Å². The van der Waals surface area contributed by atoms with E-state index in [9.17, 15) is 14.4 Å². The summed E-state index contributed by atoms with van der Waals surface area (Å²) < 4.78 is 5.14. The monoisotopic (exact) mass is 477 g/mol. The first-order valence-electron chi connectivity index (χ1n) is 11.3. The van der Waals surface area contributed by atoms with E-state index in [0.29, 0.717) is 17.9 Å². The molecular weight excluding hydrogens is 450 g/mol. The zero-order valence-corrected chi connectivity index (χ0v) is 19.7. The quantitative estimate of drug-likeness (QED) is 0.492. The maximum Gasteiger partial charge on any atom is 0.325 e. The summed E-state index contributed by atoms with van der Waals surface area (Å²) in [4.78, 5) is 46.2. The normalized spacial score (nSPS) is 18.0. The average molecular weight is 478 g/mol. The van der Waals surface area contributed by atoms with Crippen LogP contribution in [-0.2, 0) is 16.0 Å². The molecule has 4 rings (SSSR count). The lowest BCUT2D eigenvalue weighted by molar-refractivity contribution is -0.156. The third-order valence-corrected chi connectivity index (χ3v) is 6.05. The van der Waals surface area contributed by atoms with Gasteiger partial charge in [0.15, 0.2) is 0 Å². The first kappa shape index (κ1) is 23.9. The number of aromatic nitrogens is 3. The fraction of sp³-hybridized carbons (Fsp3) is 0.333. The molecule has 1 aliphatic rings. The molecule has 35 heavy (non-hydrogen) atoms. The number of rotatable bonds is 7. The van der Waals surface area contributed by atoms with Crippen LogP contribution < -0.4 is 16.0 Å². The summed E-state index contributed by atoms with van der Waals surface area (Å²) in [5.41, 5.74) is 8.22. The summed E-state index contributed by atoms with van der Waals surface area (Å²) in [7, 11) is 1.46. The van der Waals surface area contributed by atoms with Crippen LogP contribution in [0.15, 0.2) is 53.3 Å². The van der Waals surface area contributed by atoms with E-state index in [4.69, 9.17) is 10.2 Å². The number of carbonyl (C=O) groups is 3. The number of aryl methyl sites for hydroxylation is 1. The highest BCUT2D eigenvalue weighted by molar-refractivity contribution is 6.12. The second-order valence-corrected chi connectivity index (χ2v) is 8.44. The predicted molar refractivity (Wildman–Crippen MR) is 127 cm³/mol. The number of carbonyl (C=O) groups excluding carboxylic acids is 3. The molecule has 11 heteroatoms. The lowest BCUT2D eigenvalue weighted by Gasteiger charge is -2.45. The van der Waals surface area contributed by atoms with Gasteiger partial charge in [0, 0.05) is 12.7 Å². The molecule has 1 saturated heterocycles. The topological polar surface area (TPSA) is 148 Å². The Balaban J connectivity index is 1.60. The molecule has 11 nitrogen and oxygen atoms in total. The molecule has 0 bridgehead atoms. The number of nitrogens with zero attached hydrogens (tertiary/aromatic N) is 5. The van der Waals surface area contributed by atoms with Gasteiger partial charge in [-0.15, -0.1) is 5.10 Å². The Hall–Kier alpha value is -4.28. The number of amides is 4. The minimum Gasteiger partial charge on any atom is -0.411 e. The molecule has 1 aromatic carbocycles. The lowest BCUT2D eigenvalue weighted by atomic mass is 9.81. The van der Waals surface area contributed by atoms with Crippen molar-refractivity contribution in [3.63, 3.8) is 0 Å². The Labute approximate surface area is 202 Å². The van der Waals surface area contributed by atoms with Crippen LogP contribution in [0.4, 0.5) is 16.6 Å².